The zero-order valence-electron chi connectivity index (χ0n) is 16.4. The third-order valence-corrected chi connectivity index (χ3v) is 4.54. The van der Waals surface area contributed by atoms with Gasteiger partial charge in [-0.25, -0.2) is 0 Å². The number of alkyl halides is 5. The van der Waals surface area contributed by atoms with Crippen molar-refractivity contribution >= 4 is 5.65 Å². The fourth-order valence-electron chi connectivity index (χ4n) is 3.08. The van der Waals surface area contributed by atoms with Gasteiger partial charge in [0.2, 0.25) is 0 Å². The number of rotatable bonds is 6. The molecule has 3 heterocycles. The van der Waals surface area contributed by atoms with E-state index in [-0.39, 0.29) is 11.6 Å². The molecule has 1 unspecified atom stereocenters. The second-order valence-corrected chi connectivity index (χ2v) is 6.79. The number of pyridine rings is 2. The first-order valence-electron chi connectivity index (χ1n) is 9.29. The smallest absolute Gasteiger partial charge is 0.406 e. The van der Waals surface area contributed by atoms with E-state index in [1.165, 1.54) is 53.9 Å². The summed E-state index contributed by atoms with van der Waals surface area (Å²) < 4.78 is 76.3. The maximum atomic E-state index is 14.5. The van der Waals surface area contributed by atoms with Crippen molar-refractivity contribution in [2.45, 2.75) is 25.5 Å². The normalized spacial score (nSPS) is 13.3. The summed E-state index contributed by atoms with van der Waals surface area (Å²) in [7, 11) is 0. The van der Waals surface area contributed by atoms with Gasteiger partial charge in [-0.3, -0.25) is 9.38 Å². The molecule has 6 nitrogen and oxygen atoms in total. The van der Waals surface area contributed by atoms with Crippen LogP contribution in [0.3, 0.4) is 0 Å². The summed E-state index contributed by atoms with van der Waals surface area (Å²) in [4.78, 5) is 3.68. The molecule has 0 bridgehead atoms. The second kappa shape index (κ2) is 8.15. The number of hydrogen-bond donors (Lipinski definition) is 0. The van der Waals surface area contributed by atoms with Gasteiger partial charge in [0.25, 0.3) is 0 Å². The van der Waals surface area contributed by atoms with Crippen molar-refractivity contribution in [3.8, 4) is 16.9 Å². The molecule has 32 heavy (non-hydrogen) atoms. The molecule has 0 aliphatic carbocycles. The number of nitrogens with zero attached hydrogens (tertiary/aromatic N) is 4. The van der Waals surface area contributed by atoms with Gasteiger partial charge in [-0.05, 0) is 54.4 Å². The fourth-order valence-corrected chi connectivity index (χ4v) is 3.08. The van der Waals surface area contributed by atoms with E-state index in [4.69, 9.17) is 4.74 Å². The molecule has 166 valence electrons. The zero-order chi connectivity index (χ0) is 22.9. The summed E-state index contributed by atoms with van der Waals surface area (Å²) in [5.74, 6) is -0.227. The Morgan fingerprint density at radius 1 is 0.906 bits per heavy atom. The van der Waals surface area contributed by atoms with Crippen molar-refractivity contribution in [3.05, 3.63) is 78.5 Å². The third kappa shape index (κ3) is 4.67. The van der Waals surface area contributed by atoms with Gasteiger partial charge in [-0.1, -0.05) is 12.1 Å². The van der Waals surface area contributed by atoms with Crippen LogP contribution in [0.15, 0.2) is 67.1 Å². The lowest BCUT2D eigenvalue weighted by Gasteiger charge is -2.20. The van der Waals surface area contributed by atoms with E-state index >= 15 is 0 Å². The van der Waals surface area contributed by atoms with E-state index in [2.05, 4.69) is 19.9 Å². The number of fused-ring (bicyclic) bond motifs is 1. The predicted octanol–water partition coefficient (Wildman–Crippen LogP) is 5.52. The molecule has 0 fully saturated rings. The Hall–Kier alpha value is -3.60. The van der Waals surface area contributed by atoms with Crippen molar-refractivity contribution in [1.82, 2.24) is 19.6 Å². The molecule has 3 aromatic heterocycles. The summed E-state index contributed by atoms with van der Waals surface area (Å²) in [6, 6.07) is 11.1. The number of hydrogen-bond acceptors (Lipinski definition) is 5. The first-order valence-corrected chi connectivity index (χ1v) is 9.29. The molecule has 1 aromatic carbocycles. The van der Waals surface area contributed by atoms with Gasteiger partial charge in [-0.2, -0.15) is 8.78 Å². The highest BCUT2D eigenvalue weighted by Gasteiger charge is 2.37. The summed E-state index contributed by atoms with van der Waals surface area (Å²) >= 11 is 0. The highest BCUT2D eigenvalue weighted by molar-refractivity contribution is 5.65. The molecule has 0 spiro atoms. The average Bonchev–Trinajstić information content (AvgIpc) is 3.17. The van der Waals surface area contributed by atoms with E-state index in [1.54, 1.807) is 18.3 Å². The van der Waals surface area contributed by atoms with Crippen molar-refractivity contribution in [2.24, 2.45) is 0 Å². The topological polar surface area (TPSA) is 61.5 Å². The van der Waals surface area contributed by atoms with Crippen LogP contribution in [0, 0.1) is 0 Å². The molecule has 0 aliphatic heterocycles. The Labute approximate surface area is 178 Å². The molecule has 11 heteroatoms. The Balaban J connectivity index is 1.60. The average molecular weight is 450 g/mol. The summed E-state index contributed by atoms with van der Waals surface area (Å²) in [6.45, 7) is 1.41. The van der Waals surface area contributed by atoms with Gasteiger partial charge in [0, 0.05) is 18.6 Å². The van der Waals surface area contributed by atoms with Crippen LogP contribution in [0.25, 0.3) is 16.8 Å². The van der Waals surface area contributed by atoms with Crippen molar-refractivity contribution in [1.29, 1.82) is 0 Å². The first-order chi connectivity index (χ1) is 15.1. The van der Waals surface area contributed by atoms with Gasteiger partial charge < -0.3 is 9.47 Å². The number of ether oxygens (including phenoxy) is 2. The molecule has 0 aliphatic rings. The van der Waals surface area contributed by atoms with Gasteiger partial charge in [0.15, 0.2) is 11.5 Å². The van der Waals surface area contributed by atoms with Crippen LogP contribution < -0.4 is 4.74 Å². The lowest BCUT2D eigenvalue weighted by atomic mass is 10.1. The fraction of sp³-hybridized carbons (Fsp3) is 0.190. The molecule has 4 rings (SSSR count). The van der Waals surface area contributed by atoms with E-state index in [9.17, 15) is 22.0 Å². The number of aromatic nitrogens is 4. The molecule has 1 atom stereocenters. The Morgan fingerprint density at radius 2 is 1.62 bits per heavy atom. The van der Waals surface area contributed by atoms with Gasteiger partial charge >= 0.3 is 12.5 Å². The van der Waals surface area contributed by atoms with E-state index in [0.29, 0.717) is 16.8 Å². The largest absolute Gasteiger partial charge is 0.573 e. The molecular weight excluding hydrogens is 435 g/mol. The molecule has 0 N–H and O–H groups in total. The maximum Gasteiger partial charge on any atom is 0.573 e. The first kappa shape index (κ1) is 21.6. The molecule has 4 aromatic rings. The van der Waals surface area contributed by atoms with Crippen LogP contribution in [0.5, 0.6) is 5.75 Å². The minimum Gasteiger partial charge on any atom is -0.406 e. The summed E-state index contributed by atoms with van der Waals surface area (Å²) in [5, 5.41) is 7.92. The lowest BCUT2D eigenvalue weighted by molar-refractivity contribution is -0.275. The van der Waals surface area contributed by atoms with E-state index in [1.807, 2.05) is 0 Å². The van der Waals surface area contributed by atoms with E-state index < -0.39 is 24.1 Å². The van der Waals surface area contributed by atoms with E-state index in [0.717, 1.165) is 6.20 Å². The van der Waals surface area contributed by atoms with Crippen LogP contribution in [0.1, 0.15) is 24.4 Å². The van der Waals surface area contributed by atoms with Gasteiger partial charge in [0.1, 0.15) is 11.9 Å². The quantitative estimate of drug-likeness (QED) is 0.362. The standard InChI is InChI=1S/C21H15F5N4O2/c1-13(31-20(22,23)16-3-2-10-27-11-16)19-29-28-18-9-6-15(12-30(18)19)14-4-7-17(8-5-14)32-21(24,25)26/h2-13H,1H3. The molecule has 0 saturated heterocycles. The van der Waals surface area contributed by atoms with Crippen LogP contribution in [0.4, 0.5) is 22.0 Å². The van der Waals surface area contributed by atoms with Crippen LogP contribution in [-0.4, -0.2) is 25.9 Å². The minimum absolute atomic E-state index is 0.127. The van der Waals surface area contributed by atoms with Gasteiger partial charge in [-0.15, -0.1) is 23.4 Å². The predicted molar refractivity (Wildman–Crippen MR) is 103 cm³/mol. The maximum absolute atomic E-state index is 14.5. The summed E-state index contributed by atoms with van der Waals surface area (Å²) in [5.41, 5.74) is 1.17. The number of benzene rings is 1. The van der Waals surface area contributed by atoms with Crippen molar-refractivity contribution in [3.63, 3.8) is 0 Å². The van der Waals surface area contributed by atoms with Crippen LogP contribution in [-0.2, 0) is 10.8 Å². The van der Waals surface area contributed by atoms with Gasteiger partial charge in [0.05, 0.1) is 5.56 Å². The monoisotopic (exact) mass is 450 g/mol. The summed E-state index contributed by atoms with van der Waals surface area (Å²) in [6.07, 6.45) is -5.56. The minimum atomic E-state index is -4.79. The Morgan fingerprint density at radius 3 is 2.28 bits per heavy atom. The highest BCUT2D eigenvalue weighted by atomic mass is 19.4. The molecule has 0 saturated carbocycles. The van der Waals surface area contributed by atoms with Crippen molar-refractivity contribution < 1.29 is 31.4 Å². The van der Waals surface area contributed by atoms with Crippen LogP contribution >= 0.6 is 0 Å². The Kier molecular flexibility index (Phi) is 5.51. The molecule has 0 radical (unpaired) electrons. The third-order valence-electron chi connectivity index (χ3n) is 4.54. The molecular formula is C21H15F5N4O2. The van der Waals surface area contributed by atoms with Crippen molar-refractivity contribution in [2.75, 3.05) is 0 Å². The second-order valence-electron chi connectivity index (χ2n) is 6.79. The Bertz CT molecular complexity index is 1210. The zero-order valence-corrected chi connectivity index (χ0v) is 16.4. The SMILES string of the molecule is CC(OC(F)(F)c1cccnc1)c1nnc2ccc(-c3ccc(OC(F)(F)F)cc3)cn12. The molecule has 0 amide bonds. The highest BCUT2D eigenvalue weighted by Crippen LogP contribution is 2.34. The number of halogens is 5. The van der Waals surface area contributed by atoms with Crippen LogP contribution in [0.2, 0.25) is 0 Å². The lowest BCUT2D eigenvalue weighted by Crippen LogP contribution is -2.21.